The van der Waals surface area contributed by atoms with Crippen LogP contribution in [0.1, 0.15) is 31.7 Å². The van der Waals surface area contributed by atoms with Gasteiger partial charge in [0, 0.05) is 18.8 Å². The fourth-order valence-electron chi connectivity index (χ4n) is 2.80. The molecule has 0 amide bonds. The van der Waals surface area contributed by atoms with Gasteiger partial charge in [-0.3, -0.25) is 0 Å². The SMILES string of the molecule is CCN(CC)CCCn1c(CCCl)nc2ccc(C)cc21. The summed E-state index contributed by atoms with van der Waals surface area (Å²) in [5.41, 5.74) is 3.61. The van der Waals surface area contributed by atoms with Crippen LogP contribution in [0.2, 0.25) is 0 Å². The molecule has 0 N–H and O–H groups in total. The van der Waals surface area contributed by atoms with Gasteiger partial charge in [0.1, 0.15) is 5.82 Å². The molecule has 0 saturated heterocycles. The van der Waals surface area contributed by atoms with E-state index in [9.17, 15) is 0 Å². The summed E-state index contributed by atoms with van der Waals surface area (Å²) in [6.45, 7) is 11.0. The standard InChI is InChI=1S/C17H26ClN3/c1-4-20(5-2)11-6-12-21-16-13-14(3)7-8-15(16)19-17(21)9-10-18/h7-8,13H,4-6,9-12H2,1-3H3. The van der Waals surface area contributed by atoms with E-state index in [4.69, 9.17) is 16.6 Å². The fraction of sp³-hybridized carbons (Fsp3) is 0.588. The van der Waals surface area contributed by atoms with Crippen LogP contribution in [0.4, 0.5) is 0 Å². The molecule has 0 radical (unpaired) electrons. The van der Waals surface area contributed by atoms with Gasteiger partial charge in [0.25, 0.3) is 0 Å². The minimum absolute atomic E-state index is 0.623. The Morgan fingerprint density at radius 1 is 1.24 bits per heavy atom. The molecule has 1 heterocycles. The van der Waals surface area contributed by atoms with Crippen molar-refractivity contribution in [2.75, 3.05) is 25.5 Å². The van der Waals surface area contributed by atoms with Gasteiger partial charge in [-0.15, -0.1) is 11.6 Å². The van der Waals surface area contributed by atoms with Crippen LogP contribution in [0.15, 0.2) is 18.2 Å². The first kappa shape index (κ1) is 16.3. The van der Waals surface area contributed by atoms with Crippen LogP contribution in [-0.4, -0.2) is 40.0 Å². The zero-order valence-corrected chi connectivity index (χ0v) is 14.2. The van der Waals surface area contributed by atoms with E-state index >= 15 is 0 Å². The normalized spacial score (nSPS) is 11.7. The van der Waals surface area contributed by atoms with Crippen molar-refractivity contribution in [3.63, 3.8) is 0 Å². The van der Waals surface area contributed by atoms with Crippen molar-refractivity contribution in [3.05, 3.63) is 29.6 Å². The second-order valence-corrected chi connectivity index (χ2v) is 5.87. The zero-order valence-electron chi connectivity index (χ0n) is 13.4. The van der Waals surface area contributed by atoms with Crippen molar-refractivity contribution in [1.82, 2.24) is 14.5 Å². The highest BCUT2D eigenvalue weighted by atomic mass is 35.5. The minimum atomic E-state index is 0.623. The molecule has 2 aromatic rings. The first-order valence-corrected chi connectivity index (χ1v) is 8.47. The van der Waals surface area contributed by atoms with Crippen molar-refractivity contribution >= 4 is 22.6 Å². The first-order valence-electron chi connectivity index (χ1n) is 7.93. The van der Waals surface area contributed by atoms with Crippen LogP contribution in [-0.2, 0) is 13.0 Å². The van der Waals surface area contributed by atoms with E-state index in [-0.39, 0.29) is 0 Å². The van der Waals surface area contributed by atoms with Gasteiger partial charge >= 0.3 is 0 Å². The highest BCUT2D eigenvalue weighted by Crippen LogP contribution is 2.19. The summed E-state index contributed by atoms with van der Waals surface area (Å²) in [5.74, 6) is 1.74. The molecule has 4 heteroatoms. The van der Waals surface area contributed by atoms with Gasteiger partial charge in [0.15, 0.2) is 0 Å². The maximum Gasteiger partial charge on any atom is 0.111 e. The first-order chi connectivity index (χ1) is 10.2. The minimum Gasteiger partial charge on any atom is -0.328 e. The third-order valence-electron chi connectivity index (χ3n) is 4.05. The molecule has 1 aromatic heterocycles. The molecule has 1 aromatic carbocycles. The Bertz CT molecular complexity index is 573. The Labute approximate surface area is 132 Å². The lowest BCUT2D eigenvalue weighted by atomic mass is 10.2. The van der Waals surface area contributed by atoms with E-state index in [1.807, 2.05) is 0 Å². The van der Waals surface area contributed by atoms with Gasteiger partial charge in [-0.05, 0) is 50.7 Å². The number of fused-ring (bicyclic) bond motifs is 1. The Hall–Kier alpha value is -1.06. The van der Waals surface area contributed by atoms with Crippen LogP contribution in [0.3, 0.4) is 0 Å². The molecule has 2 rings (SSSR count). The molecule has 0 aliphatic heterocycles. The number of aryl methyl sites for hydroxylation is 3. The number of hydrogen-bond acceptors (Lipinski definition) is 2. The van der Waals surface area contributed by atoms with Gasteiger partial charge in [-0.25, -0.2) is 4.98 Å². The van der Waals surface area contributed by atoms with E-state index in [2.05, 4.69) is 48.4 Å². The van der Waals surface area contributed by atoms with Gasteiger partial charge in [0.05, 0.1) is 11.0 Å². The summed E-state index contributed by atoms with van der Waals surface area (Å²) in [7, 11) is 0. The predicted molar refractivity (Wildman–Crippen MR) is 91.3 cm³/mol. The number of alkyl halides is 1. The average molecular weight is 308 g/mol. The zero-order chi connectivity index (χ0) is 15.2. The predicted octanol–water partition coefficient (Wildman–Crippen LogP) is 3.86. The van der Waals surface area contributed by atoms with E-state index in [0.29, 0.717) is 5.88 Å². The molecule has 0 aliphatic rings. The van der Waals surface area contributed by atoms with E-state index in [0.717, 1.165) is 50.4 Å². The smallest absolute Gasteiger partial charge is 0.111 e. The quantitative estimate of drug-likeness (QED) is 0.691. The van der Waals surface area contributed by atoms with Gasteiger partial charge < -0.3 is 9.47 Å². The molecule has 0 bridgehead atoms. The number of benzene rings is 1. The van der Waals surface area contributed by atoms with Crippen molar-refractivity contribution in [2.24, 2.45) is 0 Å². The Balaban J connectivity index is 2.19. The summed E-state index contributed by atoms with van der Waals surface area (Å²) >= 11 is 5.93. The molecular formula is C17H26ClN3. The average Bonchev–Trinajstić information content (AvgIpc) is 2.81. The molecule has 116 valence electrons. The molecular weight excluding hydrogens is 282 g/mol. The maximum absolute atomic E-state index is 5.93. The lowest BCUT2D eigenvalue weighted by molar-refractivity contribution is 0.293. The van der Waals surface area contributed by atoms with Crippen molar-refractivity contribution in [2.45, 2.75) is 40.2 Å². The van der Waals surface area contributed by atoms with E-state index in [1.165, 1.54) is 11.1 Å². The highest BCUT2D eigenvalue weighted by Gasteiger charge is 2.10. The third kappa shape index (κ3) is 3.98. The lowest BCUT2D eigenvalue weighted by Crippen LogP contribution is -2.25. The topological polar surface area (TPSA) is 21.1 Å². The maximum atomic E-state index is 5.93. The molecule has 0 saturated carbocycles. The monoisotopic (exact) mass is 307 g/mol. The molecule has 0 aliphatic carbocycles. The van der Waals surface area contributed by atoms with Crippen LogP contribution in [0.25, 0.3) is 11.0 Å². The third-order valence-corrected chi connectivity index (χ3v) is 4.24. The second kappa shape index (κ2) is 7.81. The second-order valence-electron chi connectivity index (χ2n) is 5.49. The van der Waals surface area contributed by atoms with Crippen LogP contribution < -0.4 is 0 Å². The number of nitrogens with zero attached hydrogens (tertiary/aromatic N) is 3. The van der Waals surface area contributed by atoms with Gasteiger partial charge in [-0.1, -0.05) is 19.9 Å². The number of halogens is 1. The Morgan fingerprint density at radius 3 is 2.67 bits per heavy atom. The van der Waals surface area contributed by atoms with Crippen molar-refractivity contribution in [3.8, 4) is 0 Å². The fourth-order valence-corrected chi connectivity index (χ4v) is 2.97. The summed E-state index contributed by atoms with van der Waals surface area (Å²) in [4.78, 5) is 7.21. The highest BCUT2D eigenvalue weighted by molar-refractivity contribution is 6.17. The molecule has 0 spiro atoms. The molecule has 0 atom stereocenters. The summed E-state index contributed by atoms with van der Waals surface area (Å²) < 4.78 is 2.36. The summed E-state index contributed by atoms with van der Waals surface area (Å²) in [5, 5.41) is 0. The van der Waals surface area contributed by atoms with E-state index in [1.54, 1.807) is 0 Å². The molecule has 3 nitrogen and oxygen atoms in total. The van der Waals surface area contributed by atoms with Crippen LogP contribution in [0, 0.1) is 6.92 Å². The Kier molecular flexibility index (Phi) is 6.07. The van der Waals surface area contributed by atoms with Crippen molar-refractivity contribution < 1.29 is 0 Å². The lowest BCUT2D eigenvalue weighted by Gasteiger charge is -2.18. The van der Waals surface area contributed by atoms with Crippen LogP contribution in [0.5, 0.6) is 0 Å². The van der Waals surface area contributed by atoms with Crippen LogP contribution >= 0.6 is 11.6 Å². The summed E-state index contributed by atoms with van der Waals surface area (Å²) in [6, 6.07) is 6.47. The van der Waals surface area contributed by atoms with E-state index < -0.39 is 0 Å². The van der Waals surface area contributed by atoms with Gasteiger partial charge in [-0.2, -0.15) is 0 Å². The Morgan fingerprint density at radius 2 is 2.00 bits per heavy atom. The molecule has 0 fully saturated rings. The number of imidazole rings is 1. The molecule has 0 unspecified atom stereocenters. The van der Waals surface area contributed by atoms with Crippen molar-refractivity contribution in [1.29, 1.82) is 0 Å². The number of hydrogen-bond donors (Lipinski definition) is 0. The summed E-state index contributed by atoms with van der Waals surface area (Å²) in [6.07, 6.45) is 1.98. The number of rotatable bonds is 8. The number of aromatic nitrogens is 2. The molecule has 21 heavy (non-hydrogen) atoms. The largest absolute Gasteiger partial charge is 0.328 e. The van der Waals surface area contributed by atoms with Gasteiger partial charge in [0.2, 0.25) is 0 Å².